The minimum absolute atomic E-state index is 0.110. The van der Waals surface area contributed by atoms with Crippen molar-refractivity contribution in [1.82, 2.24) is 4.98 Å². The molecule has 2 aromatic carbocycles. The van der Waals surface area contributed by atoms with Gasteiger partial charge in [0.05, 0.1) is 10.2 Å². The molecule has 0 aliphatic rings. The minimum Gasteiger partial charge on any atom is -0.298 e. The summed E-state index contributed by atoms with van der Waals surface area (Å²) < 4.78 is 1.10. The molecule has 0 spiro atoms. The number of thiazole rings is 1. The number of hydrogen-bond acceptors (Lipinski definition) is 3. The van der Waals surface area contributed by atoms with E-state index in [0.29, 0.717) is 16.6 Å². The maximum atomic E-state index is 12.3. The molecule has 0 saturated heterocycles. The van der Waals surface area contributed by atoms with Crippen LogP contribution in [0.2, 0.25) is 0 Å². The second kappa shape index (κ2) is 5.89. The number of hydrogen-bond donors (Lipinski definition) is 1. The molecule has 0 bridgehead atoms. The van der Waals surface area contributed by atoms with Crippen molar-refractivity contribution >= 4 is 32.6 Å². The molecule has 112 valence electrons. The number of carbonyl (C=O) groups excluding carboxylic acids is 1. The Morgan fingerprint density at radius 3 is 2.68 bits per heavy atom. The van der Waals surface area contributed by atoms with Crippen molar-refractivity contribution in [3.8, 4) is 0 Å². The van der Waals surface area contributed by atoms with E-state index in [9.17, 15) is 4.79 Å². The average Bonchev–Trinajstić information content (AvgIpc) is 2.88. The van der Waals surface area contributed by atoms with Crippen molar-refractivity contribution in [3.63, 3.8) is 0 Å². The van der Waals surface area contributed by atoms with Crippen LogP contribution in [-0.2, 0) is 0 Å². The first kappa shape index (κ1) is 14.7. The van der Waals surface area contributed by atoms with Gasteiger partial charge in [-0.1, -0.05) is 49.4 Å². The van der Waals surface area contributed by atoms with Gasteiger partial charge < -0.3 is 0 Å². The summed E-state index contributed by atoms with van der Waals surface area (Å²) in [5.74, 6) is 0.373. The lowest BCUT2D eigenvalue weighted by Gasteiger charge is -2.04. The molecule has 0 aliphatic carbocycles. The molecule has 0 aliphatic heterocycles. The van der Waals surface area contributed by atoms with Gasteiger partial charge in [0.25, 0.3) is 5.91 Å². The number of aryl methyl sites for hydroxylation is 1. The Kier molecular flexibility index (Phi) is 3.94. The Balaban J connectivity index is 1.88. The fourth-order valence-corrected chi connectivity index (χ4v) is 3.26. The quantitative estimate of drug-likeness (QED) is 0.741. The van der Waals surface area contributed by atoms with Gasteiger partial charge in [0.1, 0.15) is 0 Å². The molecule has 3 rings (SSSR count). The number of amides is 1. The van der Waals surface area contributed by atoms with Gasteiger partial charge in [-0.2, -0.15) is 0 Å². The molecule has 0 radical (unpaired) electrons. The first-order valence-corrected chi connectivity index (χ1v) is 8.13. The van der Waals surface area contributed by atoms with E-state index in [4.69, 9.17) is 0 Å². The molecule has 0 saturated carbocycles. The molecule has 1 aromatic heterocycles. The van der Waals surface area contributed by atoms with Gasteiger partial charge in [-0.3, -0.25) is 10.1 Å². The van der Waals surface area contributed by atoms with Crippen LogP contribution in [-0.4, -0.2) is 10.9 Å². The Morgan fingerprint density at radius 2 is 1.95 bits per heavy atom. The van der Waals surface area contributed by atoms with Gasteiger partial charge in [0.15, 0.2) is 5.13 Å². The second-order valence-corrected chi connectivity index (χ2v) is 6.70. The predicted molar refractivity (Wildman–Crippen MR) is 92.8 cm³/mol. The van der Waals surface area contributed by atoms with E-state index in [1.165, 1.54) is 16.9 Å². The fourth-order valence-electron chi connectivity index (χ4n) is 2.35. The van der Waals surface area contributed by atoms with Crippen molar-refractivity contribution in [2.45, 2.75) is 26.7 Å². The van der Waals surface area contributed by atoms with E-state index in [1.807, 2.05) is 37.3 Å². The first-order valence-electron chi connectivity index (χ1n) is 7.32. The third kappa shape index (κ3) is 2.88. The molecule has 1 N–H and O–H groups in total. The number of nitrogens with zero attached hydrogens (tertiary/aromatic N) is 1. The van der Waals surface area contributed by atoms with Crippen molar-refractivity contribution in [3.05, 3.63) is 59.2 Å². The molecule has 1 amide bonds. The number of aromatic nitrogens is 1. The Hall–Kier alpha value is -2.20. The van der Waals surface area contributed by atoms with Crippen LogP contribution in [0.3, 0.4) is 0 Å². The van der Waals surface area contributed by atoms with Gasteiger partial charge in [0, 0.05) is 5.56 Å². The number of benzene rings is 2. The maximum Gasteiger partial charge on any atom is 0.257 e. The first-order chi connectivity index (χ1) is 10.5. The molecular formula is C18H18N2OS. The molecule has 0 atom stereocenters. The van der Waals surface area contributed by atoms with Crippen LogP contribution in [0, 0.1) is 6.92 Å². The lowest BCUT2D eigenvalue weighted by Crippen LogP contribution is -2.12. The summed E-state index contributed by atoms with van der Waals surface area (Å²) in [6, 6.07) is 13.8. The van der Waals surface area contributed by atoms with Crippen molar-refractivity contribution in [2.24, 2.45) is 0 Å². The van der Waals surface area contributed by atoms with Crippen molar-refractivity contribution in [2.75, 3.05) is 5.32 Å². The van der Waals surface area contributed by atoms with Crippen LogP contribution in [0.15, 0.2) is 42.5 Å². The van der Waals surface area contributed by atoms with Gasteiger partial charge in [-0.25, -0.2) is 4.98 Å². The zero-order valence-electron chi connectivity index (χ0n) is 12.9. The van der Waals surface area contributed by atoms with E-state index in [2.05, 4.69) is 36.3 Å². The minimum atomic E-state index is -0.110. The smallest absolute Gasteiger partial charge is 0.257 e. The van der Waals surface area contributed by atoms with E-state index >= 15 is 0 Å². The Bertz CT molecular complexity index is 836. The summed E-state index contributed by atoms with van der Waals surface area (Å²) >= 11 is 1.51. The monoisotopic (exact) mass is 310 g/mol. The molecule has 0 unspecified atom stereocenters. The fraction of sp³-hybridized carbons (Fsp3) is 0.222. The summed E-state index contributed by atoms with van der Waals surface area (Å²) in [6.45, 7) is 6.27. The second-order valence-electron chi connectivity index (χ2n) is 5.67. The van der Waals surface area contributed by atoms with E-state index in [1.54, 1.807) is 0 Å². The normalized spacial score (nSPS) is 11.1. The van der Waals surface area contributed by atoms with Crippen LogP contribution < -0.4 is 5.32 Å². The molecular weight excluding hydrogens is 292 g/mol. The lowest BCUT2D eigenvalue weighted by molar-refractivity contribution is 0.102. The average molecular weight is 310 g/mol. The zero-order chi connectivity index (χ0) is 15.7. The number of carbonyl (C=O) groups is 1. The van der Waals surface area contributed by atoms with Crippen LogP contribution in [0.25, 0.3) is 10.2 Å². The van der Waals surface area contributed by atoms with Gasteiger partial charge in [-0.05, 0) is 42.2 Å². The van der Waals surface area contributed by atoms with Crippen LogP contribution in [0.4, 0.5) is 5.13 Å². The van der Waals surface area contributed by atoms with Crippen molar-refractivity contribution < 1.29 is 4.79 Å². The van der Waals surface area contributed by atoms with E-state index in [0.717, 1.165) is 15.8 Å². The third-order valence-electron chi connectivity index (χ3n) is 3.69. The predicted octanol–water partition coefficient (Wildman–Crippen LogP) is 4.98. The Labute approximate surface area is 134 Å². The highest BCUT2D eigenvalue weighted by molar-refractivity contribution is 7.22. The number of nitrogens with one attached hydrogen (secondary N) is 1. The highest BCUT2D eigenvalue weighted by atomic mass is 32.1. The molecule has 1 heterocycles. The van der Waals surface area contributed by atoms with Gasteiger partial charge in [0.2, 0.25) is 0 Å². The highest BCUT2D eigenvalue weighted by Gasteiger charge is 2.12. The molecule has 3 aromatic rings. The molecule has 0 fully saturated rings. The number of rotatable bonds is 3. The summed E-state index contributed by atoms with van der Waals surface area (Å²) in [4.78, 5) is 16.8. The van der Waals surface area contributed by atoms with Crippen molar-refractivity contribution in [1.29, 1.82) is 0 Å². The Morgan fingerprint density at radius 1 is 1.18 bits per heavy atom. The lowest BCUT2D eigenvalue weighted by atomic mass is 10.0. The third-order valence-corrected chi connectivity index (χ3v) is 4.62. The standard InChI is InChI=1S/C18H18N2OS/c1-11(2)13-8-9-15-16(10-13)22-18(19-15)20-17(21)14-7-5-4-6-12(14)3/h4-11H,1-3H3,(H,19,20,21). The summed E-state index contributed by atoms with van der Waals surface area (Å²) in [5, 5.41) is 3.55. The summed E-state index contributed by atoms with van der Waals surface area (Å²) in [6.07, 6.45) is 0. The SMILES string of the molecule is Cc1ccccc1C(=O)Nc1nc2ccc(C(C)C)cc2s1. The van der Waals surface area contributed by atoms with Gasteiger partial charge >= 0.3 is 0 Å². The topological polar surface area (TPSA) is 42.0 Å². The number of fused-ring (bicyclic) bond motifs is 1. The van der Waals surface area contributed by atoms with Crippen LogP contribution in [0.5, 0.6) is 0 Å². The van der Waals surface area contributed by atoms with E-state index < -0.39 is 0 Å². The molecule has 4 heteroatoms. The van der Waals surface area contributed by atoms with Crippen LogP contribution in [0.1, 0.15) is 41.3 Å². The largest absolute Gasteiger partial charge is 0.298 e. The molecule has 3 nitrogen and oxygen atoms in total. The summed E-state index contributed by atoms with van der Waals surface area (Å²) in [7, 11) is 0. The highest BCUT2D eigenvalue weighted by Crippen LogP contribution is 2.29. The zero-order valence-corrected chi connectivity index (χ0v) is 13.7. The van der Waals surface area contributed by atoms with Gasteiger partial charge in [-0.15, -0.1) is 0 Å². The number of anilines is 1. The van der Waals surface area contributed by atoms with E-state index in [-0.39, 0.29) is 5.91 Å². The van der Waals surface area contributed by atoms with Crippen LogP contribution >= 0.6 is 11.3 Å². The summed E-state index contributed by atoms with van der Waals surface area (Å²) in [5.41, 5.74) is 3.86. The molecule has 22 heavy (non-hydrogen) atoms. The maximum absolute atomic E-state index is 12.3.